The molecule has 0 saturated heterocycles. The van der Waals surface area contributed by atoms with Crippen LogP contribution in [-0.4, -0.2) is 9.97 Å². The number of halogens is 1. The van der Waals surface area contributed by atoms with Gasteiger partial charge >= 0.3 is 0 Å². The highest BCUT2D eigenvalue weighted by atomic mass is 19.1. The molecule has 2 aromatic carbocycles. The van der Waals surface area contributed by atoms with Crippen molar-refractivity contribution in [3.05, 3.63) is 71.8 Å². The van der Waals surface area contributed by atoms with Gasteiger partial charge in [-0.05, 0) is 44.2 Å². The summed E-state index contributed by atoms with van der Waals surface area (Å²) < 4.78 is 13.3. The molecule has 2 N–H and O–H groups in total. The molecule has 4 nitrogen and oxygen atoms in total. The fourth-order valence-corrected chi connectivity index (χ4v) is 2.19. The summed E-state index contributed by atoms with van der Waals surface area (Å²) in [5.74, 6) is 1.62. The molecule has 116 valence electrons. The van der Waals surface area contributed by atoms with Crippen molar-refractivity contribution in [2.75, 3.05) is 10.6 Å². The first-order valence-electron chi connectivity index (χ1n) is 7.30. The van der Waals surface area contributed by atoms with Crippen LogP contribution in [0.4, 0.5) is 27.4 Å². The lowest BCUT2D eigenvalue weighted by atomic mass is 10.2. The highest BCUT2D eigenvalue weighted by Gasteiger charge is 2.04. The number of rotatable bonds is 4. The first kappa shape index (κ1) is 15.0. The Balaban J connectivity index is 1.82. The summed E-state index contributed by atoms with van der Waals surface area (Å²) in [6.45, 7) is 3.86. The van der Waals surface area contributed by atoms with Crippen molar-refractivity contribution >= 4 is 23.0 Å². The average molecular weight is 308 g/mol. The molecule has 0 unspecified atom stereocenters. The normalized spacial score (nSPS) is 10.4. The van der Waals surface area contributed by atoms with Gasteiger partial charge < -0.3 is 10.6 Å². The quantitative estimate of drug-likeness (QED) is 0.732. The summed E-state index contributed by atoms with van der Waals surface area (Å²) in [6, 6.07) is 16.1. The molecule has 0 aliphatic rings. The van der Waals surface area contributed by atoms with Crippen molar-refractivity contribution in [1.29, 1.82) is 0 Å². The first-order valence-corrected chi connectivity index (χ1v) is 7.30. The van der Waals surface area contributed by atoms with Crippen LogP contribution in [0.3, 0.4) is 0 Å². The van der Waals surface area contributed by atoms with E-state index in [1.807, 2.05) is 38.1 Å². The predicted octanol–water partition coefficient (Wildman–Crippen LogP) is 4.72. The van der Waals surface area contributed by atoms with E-state index in [4.69, 9.17) is 0 Å². The minimum absolute atomic E-state index is 0.293. The molecule has 0 aliphatic heterocycles. The van der Waals surface area contributed by atoms with Crippen LogP contribution in [0.15, 0.2) is 54.6 Å². The number of anilines is 4. The van der Waals surface area contributed by atoms with E-state index in [2.05, 4.69) is 20.6 Å². The van der Waals surface area contributed by atoms with Gasteiger partial charge in [0.15, 0.2) is 0 Å². The third-order valence-corrected chi connectivity index (χ3v) is 3.26. The van der Waals surface area contributed by atoms with E-state index in [9.17, 15) is 4.39 Å². The summed E-state index contributed by atoms with van der Waals surface area (Å²) >= 11 is 0. The van der Waals surface area contributed by atoms with Crippen LogP contribution < -0.4 is 10.6 Å². The van der Waals surface area contributed by atoms with Gasteiger partial charge in [-0.25, -0.2) is 14.4 Å². The van der Waals surface area contributed by atoms with Crippen LogP contribution in [0, 0.1) is 19.7 Å². The molecule has 0 radical (unpaired) electrons. The first-order chi connectivity index (χ1) is 11.1. The molecule has 3 aromatic rings. The third kappa shape index (κ3) is 4.03. The Bertz CT molecular complexity index is 816. The minimum atomic E-state index is -0.293. The summed E-state index contributed by atoms with van der Waals surface area (Å²) in [7, 11) is 0. The maximum absolute atomic E-state index is 13.3. The fourth-order valence-electron chi connectivity index (χ4n) is 2.19. The number of hydrogen-bond acceptors (Lipinski definition) is 4. The molecule has 0 fully saturated rings. The highest BCUT2D eigenvalue weighted by Crippen LogP contribution is 2.21. The van der Waals surface area contributed by atoms with Crippen molar-refractivity contribution in [3.8, 4) is 0 Å². The monoisotopic (exact) mass is 308 g/mol. The SMILES string of the molecule is Cc1ccc(Nc2cc(Nc3cccc(F)c3)nc(C)n2)cc1. The zero-order valence-corrected chi connectivity index (χ0v) is 13.0. The molecule has 1 aromatic heterocycles. The molecule has 0 saturated carbocycles. The van der Waals surface area contributed by atoms with E-state index in [0.717, 1.165) is 5.69 Å². The summed E-state index contributed by atoms with van der Waals surface area (Å²) in [5.41, 5.74) is 2.79. The number of benzene rings is 2. The Morgan fingerprint density at radius 1 is 0.783 bits per heavy atom. The van der Waals surface area contributed by atoms with Gasteiger partial charge in [0.25, 0.3) is 0 Å². The second-order valence-corrected chi connectivity index (χ2v) is 5.31. The van der Waals surface area contributed by atoms with Crippen molar-refractivity contribution in [2.45, 2.75) is 13.8 Å². The van der Waals surface area contributed by atoms with Crippen LogP contribution in [-0.2, 0) is 0 Å². The van der Waals surface area contributed by atoms with Crippen molar-refractivity contribution < 1.29 is 4.39 Å². The van der Waals surface area contributed by atoms with Crippen LogP contribution in [0.1, 0.15) is 11.4 Å². The van der Waals surface area contributed by atoms with Gasteiger partial charge in [-0.2, -0.15) is 0 Å². The molecule has 5 heteroatoms. The van der Waals surface area contributed by atoms with Gasteiger partial charge in [0.1, 0.15) is 23.3 Å². The van der Waals surface area contributed by atoms with E-state index in [1.54, 1.807) is 18.2 Å². The highest BCUT2D eigenvalue weighted by molar-refractivity contribution is 5.63. The van der Waals surface area contributed by atoms with Gasteiger partial charge in [0.05, 0.1) is 0 Å². The summed E-state index contributed by atoms with van der Waals surface area (Å²) in [4.78, 5) is 8.70. The smallest absolute Gasteiger partial charge is 0.136 e. The maximum atomic E-state index is 13.3. The summed E-state index contributed by atoms with van der Waals surface area (Å²) in [6.07, 6.45) is 0. The number of aryl methyl sites for hydroxylation is 2. The van der Waals surface area contributed by atoms with Gasteiger partial charge in [-0.15, -0.1) is 0 Å². The number of hydrogen-bond donors (Lipinski definition) is 2. The van der Waals surface area contributed by atoms with E-state index < -0.39 is 0 Å². The van der Waals surface area contributed by atoms with Gasteiger partial charge in [-0.3, -0.25) is 0 Å². The van der Waals surface area contributed by atoms with E-state index in [1.165, 1.54) is 17.7 Å². The van der Waals surface area contributed by atoms with E-state index in [-0.39, 0.29) is 5.82 Å². The van der Waals surface area contributed by atoms with Crippen LogP contribution >= 0.6 is 0 Å². The molecular formula is C18H17FN4. The lowest BCUT2D eigenvalue weighted by Crippen LogP contribution is -2.01. The molecule has 0 amide bonds. The van der Waals surface area contributed by atoms with Crippen molar-refractivity contribution in [3.63, 3.8) is 0 Å². The number of nitrogens with zero attached hydrogens (tertiary/aromatic N) is 2. The second-order valence-electron chi connectivity index (χ2n) is 5.31. The molecule has 0 atom stereocenters. The topological polar surface area (TPSA) is 49.8 Å². The van der Waals surface area contributed by atoms with Crippen molar-refractivity contribution in [1.82, 2.24) is 9.97 Å². The van der Waals surface area contributed by atoms with Crippen LogP contribution in [0.2, 0.25) is 0 Å². The van der Waals surface area contributed by atoms with Crippen LogP contribution in [0.5, 0.6) is 0 Å². The Morgan fingerprint density at radius 3 is 2.09 bits per heavy atom. The Kier molecular flexibility index (Phi) is 4.19. The molecule has 0 spiro atoms. The average Bonchev–Trinajstić information content (AvgIpc) is 2.49. The molecular weight excluding hydrogens is 291 g/mol. The number of nitrogens with one attached hydrogen (secondary N) is 2. The van der Waals surface area contributed by atoms with E-state index >= 15 is 0 Å². The largest absolute Gasteiger partial charge is 0.340 e. The third-order valence-electron chi connectivity index (χ3n) is 3.26. The van der Waals surface area contributed by atoms with E-state index in [0.29, 0.717) is 23.1 Å². The van der Waals surface area contributed by atoms with Gasteiger partial charge in [0.2, 0.25) is 0 Å². The minimum Gasteiger partial charge on any atom is -0.340 e. The predicted molar refractivity (Wildman–Crippen MR) is 90.9 cm³/mol. The summed E-state index contributed by atoms with van der Waals surface area (Å²) in [5, 5.41) is 6.33. The lowest BCUT2D eigenvalue weighted by Gasteiger charge is -2.10. The molecule has 23 heavy (non-hydrogen) atoms. The zero-order chi connectivity index (χ0) is 16.2. The number of aromatic nitrogens is 2. The van der Waals surface area contributed by atoms with Crippen LogP contribution in [0.25, 0.3) is 0 Å². The molecule has 0 aliphatic carbocycles. The maximum Gasteiger partial charge on any atom is 0.136 e. The van der Waals surface area contributed by atoms with Gasteiger partial charge in [0, 0.05) is 17.4 Å². The zero-order valence-electron chi connectivity index (χ0n) is 13.0. The standard InChI is InChI=1S/C18H17FN4/c1-12-6-8-15(9-7-12)22-17-11-18(21-13(2)20-17)23-16-5-3-4-14(19)10-16/h3-11H,1-2H3,(H2,20,21,22,23). The fraction of sp³-hybridized carbons (Fsp3) is 0.111. The second kappa shape index (κ2) is 6.44. The Labute approximate surface area is 134 Å². The molecule has 1 heterocycles. The van der Waals surface area contributed by atoms with Crippen molar-refractivity contribution in [2.24, 2.45) is 0 Å². The molecule has 3 rings (SSSR count). The Hall–Kier alpha value is -2.95. The van der Waals surface area contributed by atoms with Gasteiger partial charge in [-0.1, -0.05) is 23.8 Å². The lowest BCUT2D eigenvalue weighted by molar-refractivity contribution is 0.628. The molecule has 0 bridgehead atoms. The Morgan fingerprint density at radius 2 is 1.43 bits per heavy atom.